The predicted molar refractivity (Wildman–Crippen MR) is 192 cm³/mol. The van der Waals surface area contributed by atoms with Gasteiger partial charge in [0.1, 0.15) is 22.5 Å². The predicted octanol–water partition coefficient (Wildman–Crippen LogP) is 5.20. The lowest BCUT2D eigenvalue weighted by Gasteiger charge is -2.46. The van der Waals surface area contributed by atoms with E-state index in [9.17, 15) is 13.0 Å². The average molecular weight is 694 g/mol. The summed E-state index contributed by atoms with van der Waals surface area (Å²) in [5, 5.41) is 0.734. The van der Waals surface area contributed by atoms with E-state index < -0.39 is 21.0 Å². The van der Waals surface area contributed by atoms with Crippen LogP contribution in [0.2, 0.25) is 0 Å². The molecule has 4 heterocycles. The Labute approximate surface area is 289 Å². The summed E-state index contributed by atoms with van der Waals surface area (Å²) >= 11 is -1.21. The maximum absolute atomic E-state index is 14.3. The summed E-state index contributed by atoms with van der Waals surface area (Å²) in [6.45, 7) is 14.6. The molecule has 11 heteroatoms. The minimum Gasteiger partial charge on any atom is -0.612 e. The third-order valence-electron chi connectivity index (χ3n) is 10.7. The normalized spacial score (nSPS) is 22.3. The Balaban J connectivity index is 1.08. The molecule has 1 atom stereocenters. The fourth-order valence-electron chi connectivity index (χ4n) is 7.99. The minimum atomic E-state index is -3.91. The Bertz CT molecular complexity index is 1680. The van der Waals surface area contributed by atoms with E-state index >= 15 is 0 Å². The van der Waals surface area contributed by atoms with Gasteiger partial charge in [-0.1, -0.05) is 0 Å². The summed E-state index contributed by atoms with van der Waals surface area (Å²) in [5.74, 6) is 0.621. The number of hydrogen-bond acceptors (Lipinski definition) is 9. The number of rotatable bonds is 8. The Morgan fingerprint density at radius 2 is 1.31 bits per heavy atom. The summed E-state index contributed by atoms with van der Waals surface area (Å²) in [5.41, 5.74) is 0.985. The summed E-state index contributed by atoms with van der Waals surface area (Å²) in [6.07, 6.45) is 10.4. The van der Waals surface area contributed by atoms with Crippen LogP contribution >= 0.6 is 0 Å². The Hall–Kier alpha value is -2.41. The zero-order chi connectivity index (χ0) is 33.6. The van der Waals surface area contributed by atoms with Crippen molar-refractivity contribution in [2.45, 2.75) is 97.7 Å². The zero-order valence-corrected chi connectivity index (χ0v) is 30.6. The highest BCUT2D eigenvalue weighted by Gasteiger charge is 2.36. The van der Waals surface area contributed by atoms with E-state index in [1.807, 2.05) is 39.0 Å². The highest BCUT2D eigenvalue weighted by atomic mass is 32.2. The zero-order valence-electron chi connectivity index (χ0n) is 28.9. The van der Waals surface area contributed by atoms with Crippen LogP contribution in [0.3, 0.4) is 0 Å². The third-order valence-corrected chi connectivity index (χ3v) is 13.4. The topological polar surface area (TPSA) is 92.3 Å². The lowest BCUT2D eigenvalue weighted by atomic mass is 9.96. The smallest absolute Gasteiger partial charge is 0.210 e. The highest BCUT2D eigenvalue weighted by Crippen LogP contribution is 2.39. The van der Waals surface area contributed by atoms with Gasteiger partial charge in [0, 0.05) is 75.0 Å². The first-order valence-corrected chi connectivity index (χ1v) is 20.8. The van der Waals surface area contributed by atoms with Gasteiger partial charge in [0.2, 0.25) is 9.84 Å². The van der Waals surface area contributed by atoms with E-state index in [2.05, 4.69) is 24.6 Å². The van der Waals surface area contributed by atoms with Gasteiger partial charge in [0.15, 0.2) is 4.90 Å². The molecule has 1 unspecified atom stereocenters. The SMILES string of the molecule is C[S+]([O-])c1ccc2ncc(S(=O)(=O)c3ccc(OC(C)(C)C)cc3)c(N3CCC(N4CCC(N5CCN(C6CC6)CC5)CC4)CC3)c2c1. The number of piperidine rings is 2. The van der Waals surface area contributed by atoms with Crippen molar-refractivity contribution in [2.75, 3.05) is 63.5 Å². The van der Waals surface area contributed by atoms with Crippen molar-refractivity contribution >= 4 is 37.6 Å². The van der Waals surface area contributed by atoms with Crippen molar-refractivity contribution < 1.29 is 17.7 Å². The second-order valence-electron chi connectivity index (χ2n) is 15.1. The quantitative estimate of drug-likeness (QED) is 0.296. The fourth-order valence-corrected chi connectivity index (χ4v) is 9.96. The van der Waals surface area contributed by atoms with Crippen LogP contribution in [-0.4, -0.2) is 115 Å². The number of hydrogen-bond donors (Lipinski definition) is 0. The van der Waals surface area contributed by atoms with E-state index in [1.54, 1.807) is 30.5 Å². The number of fused-ring (bicyclic) bond motifs is 1. The van der Waals surface area contributed by atoms with Crippen LogP contribution < -0.4 is 9.64 Å². The standard InChI is InChI=1S/C37H51N5O4S2/c1-37(2,3)46-30-7-10-32(11-8-30)48(44,45)35-26-38-34-12-9-31(47(4)43)25-33(34)36(35)42-19-15-28(16-20-42)39-17-13-29(14-18-39)41-23-21-40(22-24-41)27-5-6-27/h7-12,25-29H,5-6,13-24H2,1-4H3. The first-order valence-electron chi connectivity index (χ1n) is 17.7. The van der Waals surface area contributed by atoms with Crippen molar-refractivity contribution in [3.8, 4) is 5.75 Å². The van der Waals surface area contributed by atoms with Crippen molar-refractivity contribution in [3.05, 3.63) is 48.7 Å². The Morgan fingerprint density at radius 1 is 0.771 bits per heavy atom. The summed E-state index contributed by atoms with van der Waals surface area (Å²) in [7, 11) is -3.91. The van der Waals surface area contributed by atoms with Gasteiger partial charge >= 0.3 is 0 Å². The Kier molecular flexibility index (Phi) is 9.73. The van der Waals surface area contributed by atoms with Gasteiger partial charge in [-0.3, -0.25) is 14.8 Å². The molecule has 7 rings (SSSR count). The highest BCUT2D eigenvalue weighted by molar-refractivity contribution is 7.91. The average Bonchev–Trinajstić information content (AvgIpc) is 3.93. The van der Waals surface area contributed by atoms with Gasteiger partial charge in [0.25, 0.3) is 0 Å². The first kappa shape index (κ1) is 34.1. The number of nitrogens with zero attached hydrogens (tertiary/aromatic N) is 5. The molecule has 1 aromatic heterocycles. The van der Waals surface area contributed by atoms with Crippen molar-refractivity contribution in [2.24, 2.45) is 0 Å². The molecule has 0 amide bonds. The molecule has 2 aromatic carbocycles. The molecule has 1 aliphatic carbocycles. The maximum Gasteiger partial charge on any atom is 0.210 e. The van der Waals surface area contributed by atoms with E-state index in [4.69, 9.17) is 4.74 Å². The molecule has 0 radical (unpaired) electrons. The number of aromatic nitrogens is 1. The van der Waals surface area contributed by atoms with Crippen LogP contribution in [0.5, 0.6) is 5.75 Å². The van der Waals surface area contributed by atoms with Crippen LogP contribution in [0.15, 0.2) is 63.3 Å². The van der Waals surface area contributed by atoms with Gasteiger partial charge in [-0.05, 0) is 120 Å². The monoisotopic (exact) mass is 693 g/mol. The molecule has 260 valence electrons. The van der Waals surface area contributed by atoms with E-state index in [0.717, 1.165) is 50.4 Å². The van der Waals surface area contributed by atoms with E-state index in [-0.39, 0.29) is 15.4 Å². The molecule has 1 saturated carbocycles. The molecule has 0 N–H and O–H groups in total. The second-order valence-corrected chi connectivity index (χ2v) is 18.4. The Morgan fingerprint density at radius 3 is 1.85 bits per heavy atom. The van der Waals surface area contributed by atoms with Crippen molar-refractivity contribution in [1.29, 1.82) is 0 Å². The largest absolute Gasteiger partial charge is 0.612 e. The van der Waals surface area contributed by atoms with Crippen molar-refractivity contribution in [3.63, 3.8) is 0 Å². The van der Waals surface area contributed by atoms with Gasteiger partial charge in [-0.2, -0.15) is 0 Å². The van der Waals surface area contributed by atoms with Gasteiger partial charge in [-0.15, -0.1) is 0 Å². The van der Waals surface area contributed by atoms with Gasteiger partial charge in [0.05, 0.1) is 16.1 Å². The molecule has 9 nitrogen and oxygen atoms in total. The summed E-state index contributed by atoms with van der Waals surface area (Å²) < 4.78 is 47.1. The molecule has 4 fully saturated rings. The number of sulfone groups is 1. The molecular formula is C37H51N5O4S2. The van der Waals surface area contributed by atoms with Crippen molar-refractivity contribution in [1.82, 2.24) is 19.7 Å². The van der Waals surface area contributed by atoms with Crippen LogP contribution in [0.1, 0.15) is 59.3 Å². The molecule has 4 aliphatic rings. The van der Waals surface area contributed by atoms with Crippen LogP contribution in [0, 0.1) is 0 Å². The van der Waals surface area contributed by atoms with Crippen LogP contribution in [-0.2, 0) is 21.0 Å². The van der Waals surface area contributed by atoms with E-state index in [1.165, 1.54) is 58.1 Å². The van der Waals surface area contributed by atoms with E-state index in [0.29, 0.717) is 33.9 Å². The molecular weight excluding hydrogens is 643 g/mol. The first-order chi connectivity index (χ1) is 23.0. The summed E-state index contributed by atoms with van der Waals surface area (Å²) in [4.78, 5) is 16.0. The number of pyridine rings is 1. The number of piperazine rings is 1. The fraction of sp³-hybridized carbons (Fsp3) is 0.595. The number of anilines is 1. The third kappa shape index (κ3) is 7.37. The summed E-state index contributed by atoms with van der Waals surface area (Å²) in [6, 6.07) is 14.3. The molecule has 3 aromatic rings. The van der Waals surface area contributed by atoms with Crippen LogP contribution in [0.25, 0.3) is 10.9 Å². The number of likely N-dealkylation sites (tertiary alicyclic amines) is 1. The molecule has 3 saturated heterocycles. The molecule has 3 aliphatic heterocycles. The molecule has 48 heavy (non-hydrogen) atoms. The second kappa shape index (κ2) is 13.7. The lowest BCUT2D eigenvalue weighted by Crippen LogP contribution is -2.55. The maximum atomic E-state index is 14.3. The lowest BCUT2D eigenvalue weighted by molar-refractivity contribution is 0.0416. The van der Waals surface area contributed by atoms with Crippen LogP contribution in [0.4, 0.5) is 5.69 Å². The van der Waals surface area contributed by atoms with Gasteiger partial charge < -0.3 is 19.1 Å². The number of ether oxygens (including phenoxy) is 1. The minimum absolute atomic E-state index is 0.194. The molecule has 0 spiro atoms. The molecule has 0 bridgehead atoms. The number of benzene rings is 2. The van der Waals surface area contributed by atoms with Gasteiger partial charge in [-0.25, -0.2) is 8.42 Å².